The molecule has 134 valence electrons. The predicted octanol–water partition coefficient (Wildman–Crippen LogP) is 1.40. The molecular formula is C20H23N4O2+. The van der Waals surface area contributed by atoms with E-state index in [0.717, 1.165) is 35.2 Å². The number of amides is 1. The van der Waals surface area contributed by atoms with E-state index in [-0.39, 0.29) is 12.5 Å². The minimum atomic E-state index is 0.0715. The van der Waals surface area contributed by atoms with Crippen LogP contribution in [-0.4, -0.2) is 65.1 Å². The number of aliphatic hydroxyl groups is 1. The number of aliphatic hydroxyl groups excluding tert-OH is 1. The SMILES string of the molecule is O=C(c1cccc(-c2c[nH+]c3[nH]ccc3c2)c1)N1CCN(CCO)CC1. The van der Waals surface area contributed by atoms with E-state index in [4.69, 9.17) is 5.11 Å². The summed E-state index contributed by atoms with van der Waals surface area (Å²) < 4.78 is 0. The highest BCUT2D eigenvalue weighted by Crippen LogP contribution is 2.22. The molecule has 0 spiro atoms. The van der Waals surface area contributed by atoms with Crippen LogP contribution in [0.1, 0.15) is 10.4 Å². The number of aromatic nitrogens is 2. The largest absolute Gasteiger partial charge is 0.395 e. The molecule has 4 rings (SSSR count). The molecule has 0 aliphatic carbocycles. The van der Waals surface area contributed by atoms with Crippen LogP contribution < -0.4 is 4.98 Å². The van der Waals surface area contributed by atoms with Crippen molar-refractivity contribution >= 4 is 16.9 Å². The number of nitrogens with one attached hydrogen (secondary N) is 2. The Balaban J connectivity index is 1.53. The van der Waals surface area contributed by atoms with E-state index >= 15 is 0 Å². The van der Waals surface area contributed by atoms with E-state index in [9.17, 15) is 4.79 Å². The summed E-state index contributed by atoms with van der Waals surface area (Å²) in [6, 6.07) is 11.9. The second-order valence-corrected chi connectivity index (χ2v) is 6.63. The first-order valence-corrected chi connectivity index (χ1v) is 8.96. The van der Waals surface area contributed by atoms with Crippen molar-refractivity contribution in [1.29, 1.82) is 0 Å². The van der Waals surface area contributed by atoms with Gasteiger partial charge in [0.2, 0.25) is 0 Å². The van der Waals surface area contributed by atoms with Crippen LogP contribution in [0.15, 0.2) is 48.8 Å². The van der Waals surface area contributed by atoms with Crippen LogP contribution in [0.3, 0.4) is 0 Å². The van der Waals surface area contributed by atoms with E-state index in [1.807, 2.05) is 47.6 Å². The van der Waals surface area contributed by atoms with E-state index in [2.05, 4.69) is 20.9 Å². The van der Waals surface area contributed by atoms with Crippen LogP contribution in [0.25, 0.3) is 22.2 Å². The monoisotopic (exact) mass is 351 g/mol. The molecule has 0 unspecified atom stereocenters. The van der Waals surface area contributed by atoms with Crippen LogP contribution in [0.4, 0.5) is 0 Å². The van der Waals surface area contributed by atoms with Gasteiger partial charge in [0.05, 0.1) is 24.4 Å². The number of β-amino-alcohol motifs (C(OH)–C–C–N with tert-alkyl or cyclic N) is 1. The lowest BCUT2D eigenvalue weighted by molar-refractivity contribution is -0.346. The molecule has 1 saturated heterocycles. The lowest BCUT2D eigenvalue weighted by atomic mass is 10.0. The highest BCUT2D eigenvalue weighted by molar-refractivity contribution is 5.95. The fraction of sp³-hybridized carbons (Fsp3) is 0.300. The zero-order valence-corrected chi connectivity index (χ0v) is 14.6. The van der Waals surface area contributed by atoms with Crippen molar-refractivity contribution in [3.63, 3.8) is 0 Å². The number of benzene rings is 1. The molecule has 0 bridgehead atoms. The Kier molecular flexibility index (Phi) is 4.69. The number of aromatic amines is 2. The van der Waals surface area contributed by atoms with E-state index in [0.29, 0.717) is 25.2 Å². The average molecular weight is 351 g/mol. The van der Waals surface area contributed by atoms with Gasteiger partial charge >= 0.3 is 0 Å². The third kappa shape index (κ3) is 3.34. The predicted molar refractivity (Wildman–Crippen MR) is 99.7 cm³/mol. The number of carbonyl (C=O) groups excluding carboxylic acids is 1. The van der Waals surface area contributed by atoms with Crippen molar-refractivity contribution < 1.29 is 14.9 Å². The minimum absolute atomic E-state index is 0.0715. The van der Waals surface area contributed by atoms with Gasteiger partial charge < -0.3 is 10.0 Å². The highest BCUT2D eigenvalue weighted by atomic mass is 16.3. The standard InChI is InChI=1S/C20H22N4O2/c25-11-10-23-6-8-24(9-7-23)20(26)17-3-1-2-15(12-17)18-13-16-4-5-21-19(16)22-14-18/h1-5,12-14,25H,6-11H2,(H,21,22)/p+1. The third-order valence-electron chi connectivity index (χ3n) is 4.98. The molecule has 26 heavy (non-hydrogen) atoms. The van der Waals surface area contributed by atoms with Gasteiger partial charge in [0, 0.05) is 43.9 Å². The number of hydrogen-bond donors (Lipinski definition) is 2. The molecule has 6 heteroatoms. The van der Waals surface area contributed by atoms with Gasteiger partial charge in [0.1, 0.15) is 0 Å². The van der Waals surface area contributed by atoms with Crippen molar-refractivity contribution in [3.8, 4) is 11.1 Å². The summed E-state index contributed by atoms with van der Waals surface area (Å²) in [5.41, 5.74) is 3.78. The van der Waals surface area contributed by atoms with E-state index < -0.39 is 0 Å². The number of carbonyl (C=O) groups is 1. The van der Waals surface area contributed by atoms with Crippen molar-refractivity contribution in [1.82, 2.24) is 14.8 Å². The summed E-state index contributed by atoms with van der Waals surface area (Å²) in [4.78, 5) is 23.3. The van der Waals surface area contributed by atoms with Gasteiger partial charge in [-0.2, -0.15) is 0 Å². The van der Waals surface area contributed by atoms with Gasteiger partial charge in [-0.05, 0) is 29.8 Å². The fourth-order valence-corrected chi connectivity index (χ4v) is 3.48. The molecule has 3 N–H and O–H groups in total. The van der Waals surface area contributed by atoms with Gasteiger partial charge in [0.15, 0.2) is 0 Å². The molecule has 1 amide bonds. The fourth-order valence-electron chi connectivity index (χ4n) is 3.48. The summed E-state index contributed by atoms with van der Waals surface area (Å²) in [6.07, 6.45) is 3.86. The third-order valence-corrected chi connectivity index (χ3v) is 4.98. The van der Waals surface area contributed by atoms with E-state index in [1.54, 1.807) is 0 Å². The first-order chi connectivity index (χ1) is 12.7. The van der Waals surface area contributed by atoms with Gasteiger partial charge in [-0.15, -0.1) is 0 Å². The zero-order chi connectivity index (χ0) is 17.9. The average Bonchev–Trinajstić information content (AvgIpc) is 3.16. The smallest absolute Gasteiger partial charge is 0.284 e. The van der Waals surface area contributed by atoms with Crippen molar-refractivity contribution in [2.75, 3.05) is 39.3 Å². The Hall–Kier alpha value is -2.70. The first kappa shape index (κ1) is 16.8. The lowest BCUT2D eigenvalue weighted by Gasteiger charge is -2.34. The topological polar surface area (TPSA) is 73.7 Å². The number of nitrogens with zero attached hydrogens (tertiary/aromatic N) is 2. The lowest BCUT2D eigenvalue weighted by Crippen LogP contribution is -2.49. The Bertz CT molecular complexity index is 913. The van der Waals surface area contributed by atoms with Crippen LogP contribution in [-0.2, 0) is 0 Å². The molecule has 3 heterocycles. The Morgan fingerprint density at radius 2 is 1.96 bits per heavy atom. The number of pyridine rings is 1. The zero-order valence-electron chi connectivity index (χ0n) is 14.6. The molecule has 2 aromatic heterocycles. The maximum absolute atomic E-state index is 12.9. The van der Waals surface area contributed by atoms with Crippen molar-refractivity contribution in [3.05, 3.63) is 54.4 Å². The Morgan fingerprint density at radius 1 is 1.12 bits per heavy atom. The summed E-state index contributed by atoms with van der Waals surface area (Å²) >= 11 is 0. The van der Waals surface area contributed by atoms with Gasteiger partial charge in [0.25, 0.3) is 11.6 Å². The van der Waals surface area contributed by atoms with Gasteiger partial charge in [-0.3, -0.25) is 9.69 Å². The van der Waals surface area contributed by atoms with Crippen molar-refractivity contribution in [2.24, 2.45) is 0 Å². The number of rotatable bonds is 4. The Morgan fingerprint density at radius 3 is 2.77 bits per heavy atom. The second kappa shape index (κ2) is 7.27. The summed E-state index contributed by atoms with van der Waals surface area (Å²) in [7, 11) is 0. The maximum Gasteiger partial charge on any atom is 0.284 e. The molecular weight excluding hydrogens is 328 g/mol. The first-order valence-electron chi connectivity index (χ1n) is 8.96. The maximum atomic E-state index is 12.9. The molecule has 1 fully saturated rings. The van der Waals surface area contributed by atoms with Crippen LogP contribution in [0, 0.1) is 0 Å². The minimum Gasteiger partial charge on any atom is -0.395 e. The normalized spacial score (nSPS) is 15.5. The number of piperazine rings is 1. The van der Waals surface area contributed by atoms with Crippen molar-refractivity contribution in [2.45, 2.75) is 0 Å². The summed E-state index contributed by atoms with van der Waals surface area (Å²) in [5, 5.41) is 10.1. The molecule has 1 aliphatic heterocycles. The molecule has 6 nitrogen and oxygen atoms in total. The highest BCUT2D eigenvalue weighted by Gasteiger charge is 2.22. The summed E-state index contributed by atoms with van der Waals surface area (Å²) in [5.74, 6) is 0.0715. The van der Waals surface area contributed by atoms with Gasteiger partial charge in [-0.25, -0.2) is 9.97 Å². The molecule has 0 radical (unpaired) electrons. The second-order valence-electron chi connectivity index (χ2n) is 6.63. The molecule has 0 atom stereocenters. The van der Waals surface area contributed by atoms with Crippen LogP contribution in [0.2, 0.25) is 0 Å². The van der Waals surface area contributed by atoms with E-state index in [1.165, 1.54) is 0 Å². The van der Waals surface area contributed by atoms with Crippen LogP contribution >= 0.6 is 0 Å². The summed E-state index contributed by atoms with van der Waals surface area (Å²) in [6.45, 7) is 3.86. The number of fused-ring (bicyclic) bond motifs is 1. The number of H-pyrrole nitrogens is 2. The quantitative estimate of drug-likeness (QED) is 0.746. The molecule has 1 aromatic carbocycles. The Labute approximate surface area is 152 Å². The molecule has 1 aliphatic rings. The molecule has 0 saturated carbocycles. The van der Waals surface area contributed by atoms with Gasteiger partial charge in [-0.1, -0.05) is 12.1 Å². The number of hydrogen-bond acceptors (Lipinski definition) is 3. The molecule has 3 aromatic rings. The van der Waals surface area contributed by atoms with Crippen LogP contribution in [0.5, 0.6) is 0 Å².